The van der Waals surface area contributed by atoms with Crippen molar-refractivity contribution in [3.63, 3.8) is 0 Å². The smallest absolute Gasteiger partial charge is 0.418 e. The van der Waals surface area contributed by atoms with E-state index in [9.17, 15) is 17.3 Å². The molecule has 0 saturated carbocycles. The molecule has 0 heterocycles. The Morgan fingerprint density at radius 2 is 0.818 bits per heavy atom. The van der Waals surface area contributed by atoms with Crippen molar-refractivity contribution in [1.29, 1.82) is 0 Å². The average Bonchev–Trinajstić information content (AvgIpc) is 2.83. The van der Waals surface area contributed by atoms with E-state index in [1.54, 1.807) is 0 Å². The van der Waals surface area contributed by atoms with E-state index in [2.05, 4.69) is 133 Å². The van der Waals surface area contributed by atoms with Crippen LogP contribution in [0.25, 0.3) is 6.08 Å². The second-order valence-electron chi connectivity index (χ2n) is 7.31. The number of allylic oxidation sites excluding steroid dienone is 1. The minimum absolute atomic E-state index is 1.000. The number of rotatable bonds is 6. The summed E-state index contributed by atoms with van der Waals surface area (Å²) in [5.41, 5.74) is 1.25. The van der Waals surface area contributed by atoms with E-state index in [1.807, 2.05) is 0 Å². The molecule has 0 bridgehead atoms. The summed E-state index contributed by atoms with van der Waals surface area (Å²) in [6.07, 6.45) is 5.61. The first-order valence-corrected chi connectivity index (χ1v) is 12.5. The summed E-state index contributed by atoms with van der Waals surface area (Å²) in [6.45, 7) is 0. The number of benzene rings is 4. The van der Waals surface area contributed by atoms with Crippen LogP contribution in [-0.2, 0) is 0 Å². The lowest BCUT2D eigenvalue weighted by atomic mass is 10.2. The van der Waals surface area contributed by atoms with Crippen LogP contribution in [0.1, 0.15) is 5.56 Å². The van der Waals surface area contributed by atoms with Gasteiger partial charge in [-0.3, -0.25) is 0 Å². The quantitative estimate of drug-likeness (QED) is 0.163. The van der Waals surface area contributed by atoms with Gasteiger partial charge in [0.25, 0.3) is 0 Å². The Kier molecular flexibility index (Phi) is 8.62. The van der Waals surface area contributed by atoms with Gasteiger partial charge in [0.05, 0.1) is 6.16 Å². The van der Waals surface area contributed by atoms with Crippen LogP contribution in [0.4, 0.5) is 17.3 Å². The molecule has 0 aromatic heterocycles. The molecular weight excluding hydrogens is 442 g/mol. The molecule has 0 nitrogen and oxygen atoms in total. The molecule has 0 radical (unpaired) electrons. The summed E-state index contributed by atoms with van der Waals surface area (Å²) in [5, 5.41) is 4.26. The topological polar surface area (TPSA) is 0 Å². The third kappa shape index (κ3) is 7.16. The van der Waals surface area contributed by atoms with Crippen molar-refractivity contribution in [1.82, 2.24) is 0 Å². The van der Waals surface area contributed by atoms with Crippen LogP contribution in [0.15, 0.2) is 127 Å². The number of halogens is 4. The average molecular weight is 466 g/mol. The van der Waals surface area contributed by atoms with Gasteiger partial charge in [0.15, 0.2) is 0 Å². The summed E-state index contributed by atoms with van der Waals surface area (Å²) in [6, 6.07) is 43.6. The molecule has 33 heavy (non-hydrogen) atoms. The van der Waals surface area contributed by atoms with Crippen molar-refractivity contribution in [3.8, 4) is 0 Å². The second kappa shape index (κ2) is 11.6. The zero-order chi connectivity index (χ0) is 23.6. The van der Waals surface area contributed by atoms with Crippen molar-refractivity contribution in [2.24, 2.45) is 0 Å². The Hall–Kier alpha value is -3.17. The van der Waals surface area contributed by atoms with Crippen LogP contribution in [0.3, 0.4) is 0 Å². The SMILES string of the molecule is C(=C\c1ccccc1)/C[P+](c1ccccc1)(c1ccccc1)c1ccccc1.F[B-](F)(F)F. The first-order valence-electron chi connectivity index (χ1n) is 10.5. The third-order valence-corrected chi connectivity index (χ3v) is 9.38. The largest absolute Gasteiger partial charge is 0.673 e. The fraction of sp³-hybridized carbons (Fsp3) is 0.0370. The molecule has 168 valence electrons. The van der Waals surface area contributed by atoms with Crippen LogP contribution in [0.5, 0.6) is 0 Å². The highest BCUT2D eigenvalue weighted by Crippen LogP contribution is 2.55. The summed E-state index contributed by atoms with van der Waals surface area (Å²) in [7, 11) is -7.78. The molecule has 0 N–H and O–H groups in total. The molecule has 0 aliphatic carbocycles. The van der Waals surface area contributed by atoms with Crippen LogP contribution in [0.2, 0.25) is 0 Å². The number of hydrogen-bond donors (Lipinski definition) is 0. The Labute approximate surface area is 193 Å². The van der Waals surface area contributed by atoms with Crippen molar-refractivity contribution >= 4 is 36.5 Å². The zero-order valence-electron chi connectivity index (χ0n) is 17.9. The van der Waals surface area contributed by atoms with Gasteiger partial charge >= 0.3 is 7.25 Å². The minimum Gasteiger partial charge on any atom is -0.418 e. The maximum atomic E-state index is 9.75. The van der Waals surface area contributed by atoms with Crippen molar-refractivity contribution in [2.45, 2.75) is 0 Å². The lowest BCUT2D eigenvalue weighted by Gasteiger charge is -2.26. The summed E-state index contributed by atoms with van der Waals surface area (Å²) in [5.74, 6) is 0. The van der Waals surface area contributed by atoms with E-state index in [-0.39, 0.29) is 0 Å². The Morgan fingerprint density at radius 3 is 1.15 bits per heavy atom. The molecule has 0 spiro atoms. The van der Waals surface area contributed by atoms with Gasteiger partial charge in [0.1, 0.15) is 23.2 Å². The molecule has 0 fully saturated rings. The Bertz CT molecular complexity index is 1010. The second-order valence-corrected chi connectivity index (χ2v) is 10.8. The lowest BCUT2D eigenvalue weighted by molar-refractivity contribution is 0.368. The zero-order valence-corrected chi connectivity index (χ0v) is 18.8. The van der Waals surface area contributed by atoms with Gasteiger partial charge in [0.2, 0.25) is 0 Å². The fourth-order valence-corrected chi connectivity index (χ4v) is 7.71. The molecule has 0 unspecified atom stereocenters. The van der Waals surface area contributed by atoms with E-state index in [0.717, 1.165) is 6.16 Å². The van der Waals surface area contributed by atoms with E-state index in [0.29, 0.717) is 0 Å². The highest BCUT2D eigenvalue weighted by atomic mass is 31.2. The standard InChI is InChI=1S/C27H24P.BF4/c1-5-14-24(15-6-1)16-13-23-28(25-17-7-2-8-18-25,26-19-9-3-10-20-26)27-21-11-4-12-22-27;2-1(3,4)5/h1-22H,23H2;/q+1;-1/b16-13+;. The van der Waals surface area contributed by atoms with Gasteiger partial charge in [-0.05, 0) is 48.0 Å². The first-order chi connectivity index (χ1) is 15.9. The highest BCUT2D eigenvalue weighted by molar-refractivity contribution is 7.95. The number of hydrogen-bond acceptors (Lipinski definition) is 0. The van der Waals surface area contributed by atoms with Gasteiger partial charge in [0, 0.05) is 0 Å². The summed E-state index contributed by atoms with van der Waals surface area (Å²) < 4.78 is 39.0. The van der Waals surface area contributed by atoms with Gasteiger partial charge < -0.3 is 17.3 Å². The van der Waals surface area contributed by atoms with Crippen LogP contribution in [-0.4, -0.2) is 13.4 Å². The van der Waals surface area contributed by atoms with Crippen LogP contribution < -0.4 is 15.9 Å². The van der Waals surface area contributed by atoms with E-state index in [4.69, 9.17) is 0 Å². The van der Waals surface area contributed by atoms with Gasteiger partial charge in [-0.2, -0.15) is 0 Å². The molecule has 6 heteroatoms. The molecule has 0 saturated heterocycles. The Morgan fingerprint density at radius 1 is 0.515 bits per heavy atom. The van der Waals surface area contributed by atoms with Gasteiger partial charge in [-0.25, -0.2) is 0 Å². The molecule has 0 atom stereocenters. The van der Waals surface area contributed by atoms with Crippen molar-refractivity contribution < 1.29 is 17.3 Å². The van der Waals surface area contributed by atoms with Crippen molar-refractivity contribution in [3.05, 3.63) is 133 Å². The normalized spacial score (nSPS) is 11.6. The molecule has 4 aromatic rings. The van der Waals surface area contributed by atoms with E-state index >= 15 is 0 Å². The summed E-state index contributed by atoms with van der Waals surface area (Å²) >= 11 is 0. The Balaban J connectivity index is 0.000000555. The molecule has 0 aliphatic rings. The molecule has 4 rings (SSSR count). The third-order valence-electron chi connectivity index (χ3n) is 5.08. The highest BCUT2D eigenvalue weighted by Gasteiger charge is 2.43. The van der Waals surface area contributed by atoms with E-state index in [1.165, 1.54) is 21.5 Å². The predicted octanol–water partition coefficient (Wildman–Crippen LogP) is 6.99. The molecule has 0 amide bonds. The maximum absolute atomic E-state index is 9.75. The monoisotopic (exact) mass is 466 g/mol. The molecule has 0 aliphatic heterocycles. The lowest BCUT2D eigenvalue weighted by Crippen LogP contribution is -2.32. The van der Waals surface area contributed by atoms with Crippen molar-refractivity contribution in [2.75, 3.05) is 6.16 Å². The van der Waals surface area contributed by atoms with Crippen LogP contribution >= 0.6 is 7.26 Å². The van der Waals surface area contributed by atoms with Crippen LogP contribution in [0, 0.1) is 0 Å². The van der Waals surface area contributed by atoms with Gasteiger partial charge in [-0.15, -0.1) is 0 Å². The summed E-state index contributed by atoms with van der Waals surface area (Å²) in [4.78, 5) is 0. The first kappa shape index (κ1) is 24.5. The van der Waals surface area contributed by atoms with Gasteiger partial charge in [-0.1, -0.05) is 91.0 Å². The molecule has 4 aromatic carbocycles. The fourth-order valence-electron chi connectivity index (χ4n) is 3.72. The predicted molar refractivity (Wildman–Crippen MR) is 136 cm³/mol. The molecular formula is C27H24BF4P. The van der Waals surface area contributed by atoms with E-state index < -0.39 is 14.5 Å². The maximum Gasteiger partial charge on any atom is 0.673 e. The minimum atomic E-state index is -6.00.